The summed E-state index contributed by atoms with van der Waals surface area (Å²) in [5, 5.41) is 14.7. The van der Waals surface area contributed by atoms with Gasteiger partial charge in [-0.25, -0.2) is 0 Å². The Morgan fingerprint density at radius 3 is 2.37 bits per heavy atom. The van der Waals surface area contributed by atoms with E-state index in [2.05, 4.69) is 40.2 Å². The summed E-state index contributed by atoms with van der Waals surface area (Å²) in [6.45, 7) is 4.02. The number of hydrogen-bond donors (Lipinski definition) is 1. The molecule has 1 heterocycles. The van der Waals surface area contributed by atoms with E-state index in [9.17, 15) is 10.1 Å². The zero-order valence-corrected chi connectivity index (χ0v) is 16.9. The molecule has 0 saturated heterocycles. The number of fused-ring (bicyclic) bond motifs is 1. The number of carbonyl (C=O) groups excluding carboxylic acids is 1. The second-order valence-corrected chi connectivity index (χ2v) is 7.18. The Balaban J connectivity index is 1.69. The molecule has 30 heavy (non-hydrogen) atoms. The van der Waals surface area contributed by atoms with E-state index in [-0.39, 0.29) is 5.57 Å². The first-order valence-electron chi connectivity index (χ1n) is 9.73. The van der Waals surface area contributed by atoms with E-state index in [4.69, 9.17) is 0 Å². The molecule has 4 rings (SSSR count). The monoisotopic (exact) mass is 391 g/mol. The third-order valence-corrected chi connectivity index (χ3v) is 5.16. The van der Waals surface area contributed by atoms with Gasteiger partial charge in [-0.15, -0.1) is 0 Å². The Labute approximate surface area is 175 Å². The molecule has 4 heteroatoms. The Hall–Kier alpha value is -4.10. The minimum atomic E-state index is -0.417. The third kappa shape index (κ3) is 3.74. The summed E-state index contributed by atoms with van der Waals surface area (Å²) in [6, 6.07) is 27.7. The van der Waals surface area contributed by atoms with Crippen LogP contribution in [0.3, 0.4) is 0 Å². The van der Waals surface area contributed by atoms with Gasteiger partial charge in [0.05, 0.1) is 0 Å². The molecule has 0 atom stereocenters. The number of amides is 1. The molecule has 1 aromatic heterocycles. The first-order chi connectivity index (χ1) is 14.6. The number of benzene rings is 3. The number of aryl methyl sites for hydroxylation is 1. The van der Waals surface area contributed by atoms with E-state index in [0.717, 1.165) is 22.6 Å². The van der Waals surface area contributed by atoms with E-state index in [1.807, 2.05) is 56.3 Å². The van der Waals surface area contributed by atoms with E-state index >= 15 is 0 Å². The van der Waals surface area contributed by atoms with Crippen LogP contribution in [-0.4, -0.2) is 10.5 Å². The summed E-state index contributed by atoms with van der Waals surface area (Å²) >= 11 is 0. The third-order valence-electron chi connectivity index (χ3n) is 5.16. The molecule has 1 N–H and O–H groups in total. The number of aromatic nitrogens is 1. The van der Waals surface area contributed by atoms with Crippen molar-refractivity contribution in [1.82, 2.24) is 4.57 Å². The molecule has 0 aliphatic rings. The molecule has 1 amide bonds. The summed E-state index contributed by atoms with van der Waals surface area (Å²) in [5.74, 6) is -0.417. The number of nitrogens with zero attached hydrogens (tertiary/aromatic N) is 2. The fraction of sp³-hybridized carbons (Fsp3) is 0.0769. The van der Waals surface area contributed by atoms with Gasteiger partial charge in [0.1, 0.15) is 11.6 Å². The highest BCUT2D eigenvalue weighted by Crippen LogP contribution is 2.25. The van der Waals surface area contributed by atoms with Crippen molar-refractivity contribution in [1.29, 1.82) is 5.26 Å². The van der Waals surface area contributed by atoms with E-state index in [1.165, 1.54) is 10.8 Å². The largest absolute Gasteiger partial charge is 0.321 e. The fourth-order valence-electron chi connectivity index (χ4n) is 3.67. The lowest BCUT2D eigenvalue weighted by Gasteiger charge is -2.11. The van der Waals surface area contributed by atoms with Gasteiger partial charge in [0.15, 0.2) is 0 Å². The maximum atomic E-state index is 12.6. The zero-order chi connectivity index (χ0) is 21.1. The number of nitrogens with one attached hydrogen (secondary N) is 1. The highest BCUT2D eigenvalue weighted by atomic mass is 16.1. The van der Waals surface area contributed by atoms with Crippen LogP contribution >= 0.6 is 0 Å². The average molecular weight is 391 g/mol. The van der Waals surface area contributed by atoms with Gasteiger partial charge >= 0.3 is 0 Å². The number of hydrogen-bond acceptors (Lipinski definition) is 2. The van der Waals surface area contributed by atoms with Gasteiger partial charge < -0.3 is 9.88 Å². The van der Waals surface area contributed by atoms with E-state index < -0.39 is 5.91 Å². The molecule has 3 aromatic carbocycles. The molecule has 146 valence electrons. The molecule has 0 aliphatic carbocycles. The van der Waals surface area contributed by atoms with Crippen molar-refractivity contribution in [2.24, 2.45) is 0 Å². The molecule has 0 saturated carbocycles. The SMILES string of the molecule is Cc1cc(C=C(C#N)C(=O)Nc2ccccc2)c(C)n1-c1ccc2ccccc2c1. The predicted molar refractivity (Wildman–Crippen MR) is 121 cm³/mol. The molecular weight excluding hydrogens is 370 g/mol. The van der Waals surface area contributed by atoms with Crippen LogP contribution in [0.5, 0.6) is 0 Å². The van der Waals surface area contributed by atoms with Crippen LogP contribution in [0.2, 0.25) is 0 Å². The first-order valence-corrected chi connectivity index (χ1v) is 9.73. The second-order valence-electron chi connectivity index (χ2n) is 7.18. The Morgan fingerprint density at radius 2 is 1.63 bits per heavy atom. The summed E-state index contributed by atoms with van der Waals surface area (Å²) in [7, 11) is 0. The number of para-hydroxylation sites is 1. The number of rotatable bonds is 4. The van der Waals surface area contributed by atoms with Crippen LogP contribution in [0, 0.1) is 25.2 Å². The minimum Gasteiger partial charge on any atom is -0.321 e. The lowest BCUT2D eigenvalue weighted by atomic mass is 10.1. The molecule has 0 spiro atoms. The number of anilines is 1. The highest BCUT2D eigenvalue weighted by Gasteiger charge is 2.14. The summed E-state index contributed by atoms with van der Waals surface area (Å²) in [4.78, 5) is 12.6. The normalized spacial score (nSPS) is 11.3. The van der Waals surface area contributed by atoms with Gasteiger partial charge in [-0.2, -0.15) is 5.26 Å². The highest BCUT2D eigenvalue weighted by molar-refractivity contribution is 6.09. The van der Waals surface area contributed by atoms with Crippen LogP contribution in [0.1, 0.15) is 17.0 Å². The molecule has 0 fully saturated rings. The lowest BCUT2D eigenvalue weighted by molar-refractivity contribution is -0.112. The molecule has 0 bridgehead atoms. The van der Waals surface area contributed by atoms with Crippen LogP contribution in [0.15, 0.2) is 84.4 Å². The molecule has 4 aromatic rings. The van der Waals surface area contributed by atoms with Crippen molar-refractivity contribution in [3.8, 4) is 11.8 Å². The Morgan fingerprint density at radius 1 is 0.933 bits per heavy atom. The van der Waals surface area contributed by atoms with Crippen molar-refractivity contribution in [2.75, 3.05) is 5.32 Å². The maximum absolute atomic E-state index is 12.6. The molecule has 0 unspecified atom stereocenters. The van der Waals surface area contributed by atoms with Crippen molar-refractivity contribution in [2.45, 2.75) is 13.8 Å². The van der Waals surface area contributed by atoms with E-state index in [1.54, 1.807) is 18.2 Å². The van der Waals surface area contributed by atoms with Gasteiger partial charge in [0.25, 0.3) is 5.91 Å². The molecule has 0 radical (unpaired) electrons. The molecule has 4 nitrogen and oxygen atoms in total. The molecule has 0 aliphatic heterocycles. The molecular formula is C26H21N3O. The second kappa shape index (κ2) is 8.10. The standard InChI is InChI=1S/C26H21N3O/c1-18-14-22(15-23(17-27)26(30)28-24-10-4-3-5-11-24)19(2)29(18)25-13-12-20-8-6-7-9-21(20)16-25/h3-16H,1-2H3,(H,28,30). The smallest absolute Gasteiger partial charge is 0.266 e. The van der Waals surface area contributed by atoms with Gasteiger partial charge in [-0.05, 0) is 66.6 Å². The van der Waals surface area contributed by atoms with Crippen molar-refractivity contribution in [3.63, 3.8) is 0 Å². The zero-order valence-electron chi connectivity index (χ0n) is 16.9. The van der Waals surface area contributed by atoms with Crippen LogP contribution in [0.25, 0.3) is 22.5 Å². The average Bonchev–Trinajstić information content (AvgIpc) is 3.05. The summed E-state index contributed by atoms with van der Waals surface area (Å²) in [5.41, 5.74) is 4.64. The summed E-state index contributed by atoms with van der Waals surface area (Å²) < 4.78 is 2.14. The Bertz CT molecular complexity index is 1310. The van der Waals surface area contributed by atoms with Crippen molar-refractivity contribution >= 4 is 28.4 Å². The van der Waals surface area contributed by atoms with Crippen LogP contribution in [-0.2, 0) is 4.79 Å². The topological polar surface area (TPSA) is 57.8 Å². The lowest BCUT2D eigenvalue weighted by Crippen LogP contribution is -2.13. The summed E-state index contributed by atoms with van der Waals surface area (Å²) in [6.07, 6.45) is 1.65. The number of carbonyl (C=O) groups is 1. The van der Waals surface area contributed by atoms with Crippen molar-refractivity contribution < 1.29 is 4.79 Å². The van der Waals surface area contributed by atoms with Crippen molar-refractivity contribution in [3.05, 3.63) is 101 Å². The first kappa shape index (κ1) is 19.2. The fourth-order valence-corrected chi connectivity index (χ4v) is 3.67. The van der Waals surface area contributed by atoms with Gasteiger partial charge in [0, 0.05) is 22.8 Å². The number of nitriles is 1. The van der Waals surface area contributed by atoms with Gasteiger partial charge in [-0.3, -0.25) is 4.79 Å². The van der Waals surface area contributed by atoms with Gasteiger partial charge in [-0.1, -0.05) is 48.5 Å². The minimum absolute atomic E-state index is 0.0672. The Kier molecular flexibility index (Phi) is 5.19. The van der Waals surface area contributed by atoms with Gasteiger partial charge in [0.2, 0.25) is 0 Å². The van der Waals surface area contributed by atoms with Crippen LogP contribution < -0.4 is 5.32 Å². The maximum Gasteiger partial charge on any atom is 0.266 e. The quantitative estimate of drug-likeness (QED) is 0.353. The van der Waals surface area contributed by atoms with E-state index in [0.29, 0.717) is 5.69 Å². The predicted octanol–water partition coefficient (Wildman–Crippen LogP) is 5.79. The van der Waals surface area contributed by atoms with Crippen LogP contribution in [0.4, 0.5) is 5.69 Å².